The van der Waals surface area contributed by atoms with Crippen molar-refractivity contribution in [2.24, 2.45) is 0 Å². The number of nitro groups is 1. The molecule has 0 saturated carbocycles. The first-order valence-electron chi connectivity index (χ1n) is 4.08. The van der Waals surface area contributed by atoms with Crippen molar-refractivity contribution >= 4 is 51.4 Å². The van der Waals surface area contributed by atoms with Gasteiger partial charge in [0.2, 0.25) is 0 Å². The molecule has 16 heavy (non-hydrogen) atoms. The van der Waals surface area contributed by atoms with Crippen LogP contribution < -0.4 is 0 Å². The molecule has 7 heteroatoms. The predicted molar refractivity (Wildman–Crippen MR) is 63.4 cm³/mol. The third-order valence-corrected chi connectivity index (χ3v) is 2.91. The molecule has 0 atom stereocenters. The lowest BCUT2D eigenvalue weighted by atomic mass is 10.2. The average molecular weight is 277 g/mol. The summed E-state index contributed by atoms with van der Waals surface area (Å²) in [6.45, 7) is 0. The van der Waals surface area contributed by atoms with Crippen molar-refractivity contribution in [1.82, 2.24) is 4.98 Å². The minimum absolute atomic E-state index is 0.0144. The van der Waals surface area contributed by atoms with Gasteiger partial charge in [-0.15, -0.1) is 0 Å². The molecular formula is C9H3Cl3N2O2. The van der Waals surface area contributed by atoms with Crippen molar-refractivity contribution in [2.75, 3.05) is 0 Å². The van der Waals surface area contributed by atoms with Gasteiger partial charge in [0.15, 0.2) is 0 Å². The first-order chi connectivity index (χ1) is 7.50. The quantitative estimate of drug-likeness (QED) is 0.582. The Morgan fingerprint density at radius 1 is 1.25 bits per heavy atom. The zero-order valence-corrected chi connectivity index (χ0v) is 9.84. The van der Waals surface area contributed by atoms with E-state index in [1.807, 2.05) is 0 Å². The van der Waals surface area contributed by atoms with Gasteiger partial charge >= 0.3 is 5.69 Å². The van der Waals surface area contributed by atoms with Crippen molar-refractivity contribution in [2.45, 2.75) is 0 Å². The Balaban J connectivity index is 2.89. The molecule has 2 rings (SSSR count). The van der Waals surface area contributed by atoms with Crippen molar-refractivity contribution in [3.8, 4) is 0 Å². The van der Waals surface area contributed by atoms with E-state index >= 15 is 0 Å². The maximum Gasteiger partial charge on any atom is 0.306 e. The Morgan fingerprint density at radius 2 is 1.94 bits per heavy atom. The molecule has 1 aromatic heterocycles. The fourth-order valence-corrected chi connectivity index (χ4v) is 2.12. The lowest BCUT2D eigenvalue weighted by Crippen LogP contribution is -1.92. The van der Waals surface area contributed by atoms with E-state index in [2.05, 4.69) is 4.98 Å². The lowest BCUT2D eigenvalue weighted by Gasteiger charge is -2.03. The molecule has 0 aliphatic carbocycles. The van der Waals surface area contributed by atoms with Gasteiger partial charge in [-0.05, 0) is 12.1 Å². The second-order valence-corrected chi connectivity index (χ2v) is 4.22. The van der Waals surface area contributed by atoms with Crippen LogP contribution in [0.15, 0.2) is 18.3 Å². The summed E-state index contributed by atoms with van der Waals surface area (Å²) in [7, 11) is 0. The molecule has 0 bridgehead atoms. The molecular weight excluding hydrogens is 274 g/mol. The van der Waals surface area contributed by atoms with Gasteiger partial charge in [0, 0.05) is 10.4 Å². The minimum atomic E-state index is -0.608. The number of halogens is 3. The molecule has 2 aromatic rings. The van der Waals surface area contributed by atoms with Gasteiger partial charge in [-0.3, -0.25) is 10.1 Å². The number of nitrogens with zero attached hydrogens (tertiary/aromatic N) is 2. The molecule has 0 unspecified atom stereocenters. The molecule has 0 fully saturated rings. The molecule has 0 aliphatic rings. The van der Waals surface area contributed by atoms with E-state index in [4.69, 9.17) is 34.8 Å². The van der Waals surface area contributed by atoms with Crippen LogP contribution in [-0.4, -0.2) is 9.91 Å². The van der Waals surface area contributed by atoms with Crippen LogP contribution in [0.2, 0.25) is 15.1 Å². The van der Waals surface area contributed by atoms with Gasteiger partial charge in [0.25, 0.3) is 0 Å². The van der Waals surface area contributed by atoms with Gasteiger partial charge in [-0.1, -0.05) is 34.8 Å². The third-order valence-electron chi connectivity index (χ3n) is 2.00. The number of pyridine rings is 1. The highest BCUT2D eigenvalue weighted by atomic mass is 35.5. The van der Waals surface area contributed by atoms with Crippen LogP contribution in [0.1, 0.15) is 0 Å². The maximum atomic E-state index is 10.7. The summed E-state index contributed by atoms with van der Waals surface area (Å²) in [6.07, 6.45) is 1.07. The molecule has 4 nitrogen and oxygen atoms in total. The highest BCUT2D eigenvalue weighted by molar-refractivity contribution is 6.42. The number of benzene rings is 1. The zero-order valence-electron chi connectivity index (χ0n) is 7.58. The smallest absolute Gasteiger partial charge is 0.258 e. The molecule has 0 radical (unpaired) electrons. The Hall–Kier alpha value is -1.10. The van der Waals surface area contributed by atoms with Crippen LogP contribution in [0, 0.1) is 10.1 Å². The van der Waals surface area contributed by atoms with Gasteiger partial charge in [0.1, 0.15) is 11.2 Å². The monoisotopic (exact) mass is 276 g/mol. The van der Waals surface area contributed by atoms with E-state index in [0.717, 1.165) is 6.20 Å². The number of hydrogen-bond donors (Lipinski definition) is 0. The summed E-state index contributed by atoms with van der Waals surface area (Å²) in [5.74, 6) is 0. The number of aromatic nitrogens is 1. The van der Waals surface area contributed by atoms with Crippen molar-refractivity contribution in [1.29, 1.82) is 0 Å². The summed E-state index contributed by atoms with van der Waals surface area (Å²) in [4.78, 5) is 13.9. The highest BCUT2D eigenvalue weighted by Gasteiger charge is 2.17. The summed E-state index contributed by atoms with van der Waals surface area (Å²) in [5, 5.41) is 11.7. The number of rotatable bonds is 1. The lowest BCUT2D eigenvalue weighted by molar-refractivity contribution is -0.384. The summed E-state index contributed by atoms with van der Waals surface area (Å²) < 4.78 is 0. The van der Waals surface area contributed by atoms with Gasteiger partial charge in [-0.2, -0.15) is 0 Å². The van der Waals surface area contributed by atoms with E-state index < -0.39 is 4.92 Å². The second-order valence-electron chi connectivity index (χ2n) is 3.00. The minimum Gasteiger partial charge on any atom is -0.258 e. The Labute approximate surface area is 105 Å². The number of fused-ring (bicyclic) bond motifs is 1. The first-order valence-corrected chi connectivity index (χ1v) is 5.21. The van der Waals surface area contributed by atoms with Crippen LogP contribution in [0.4, 0.5) is 5.69 Å². The van der Waals surface area contributed by atoms with Crippen LogP contribution in [0.5, 0.6) is 0 Å². The largest absolute Gasteiger partial charge is 0.306 e. The fourth-order valence-electron chi connectivity index (χ4n) is 1.31. The van der Waals surface area contributed by atoms with Crippen molar-refractivity contribution in [3.63, 3.8) is 0 Å². The van der Waals surface area contributed by atoms with E-state index in [1.54, 1.807) is 0 Å². The van der Waals surface area contributed by atoms with Crippen LogP contribution in [0.25, 0.3) is 10.9 Å². The second kappa shape index (κ2) is 4.05. The maximum absolute atomic E-state index is 10.7. The Morgan fingerprint density at radius 3 is 2.56 bits per heavy atom. The molecule has 0 aliphatic heterocycles. The molecule has 0 amide bonds. The number of hydrogen-bond acceptors (Lipinski definition) is 3. The van der Waals surface area contributed by atoms with Crippen LogP contribution in [-0.2, 0) is 0 Å². The summed E-state index contributed by atoms with van der Waals surface area (Å²) >= 11 is 17.6. The van der Waals surface area contributed by atoms with Crippen LogP contribution >= 0.6 is 34.8 Å². The standard InChI is InChI=1S/C9H3Cl3N2O2/c10-4-1-5-8(12)7(14(15)16)3-13-9(5)6(11)2-4/h1-3H. The molecule has 1 heterocycles. The molecule has 82 valence electrons. The summed E-state index contributed by atoms with van der Waals surface area (Å²) in [5.41, 5.74) is 0.120. The molecule has 1 aromatic carbocycles. The van der Waals surface area contributed by atoms with E-state index in [9.17, 15) is 10.1 Å². The molecule has 0 saturated heterocycles. The third kappa shape index (κ3) is 1.80. The SMILES string of the molecule is O=[N+]([O-])c1cnc2c(Cl)cc(Cl)cc2c1Cl. The Bertz CT molecular complexity index is 601. The van der Waals surface area contributed by atoms with E-state index in [1.165, 1.54) is 12.1 Å². The van der Waals surface area contributed by atoms with Gasteiger partial charge < -0.3 is 0 Å². The normalized spacial score (nSPS) is 10.7. The topological polar surface area (TPSA) is 56.0 Å². The highest BCUT2D eigenvalue weighted by Crippen LogP contribution is 2.35. The van der Waals surface area contributed by atoms with Crippen molar-refractivity contribution < 1.29 is 4.92 Å². The van der Waals surface area contributed by atoms with Gasteiger partial charge in [-0.25, -0.2) is 4.98 Å². The van der Waals surface area contributed by atoms with E-state index in [0.29, 0.717) is 20.9 Å². The summed E-state index contributed by atoms with van der Waals surface area (Å²) in [6, 6.07) is 2.99. The predicted octanol–water partition coefficient (Wildman–Crippen LogP) is 4.10. The van der Waals surface area contributed by atoms with Gasteiger partial charge in [0.05, 0.1) is 15.5 Å². The zero-order chi connectivity index (χ0) is 11.9. The Kier molecular flexibility index (Phi) is 2.88. The van der Waals surface area contributed by atoms with Crippen molar-refractivity contribution in [3.05, 3.63) is 43.5 Å². The van der Waals surface area contributed by atoms with E-state index in [-0.39, 0.29) is 10.7 Å². The fraction of sp³-hybridized carbons (Fsp3) is 0. The molecule has 0 N–H and O–H groups in total. The average Bonchev–Trinajstić information content (AvgIpc) is 2.19. The molecule has 0 spiro atoms. The van der Waals surface area contributed by atoms with Crippen LogP contribution in [0.3, 0.4) is 0 Å². The first kappa shape index (κ1) is 11.4.